The van der Waals surface area contributed by atoms with Crippen LogP contribution in [0.4, 0.5) is 0 Å². The Morgan fingerprint density at radius 3 is 2.29 bits per heavy atom. The first-order chi connectivity index (χ1) is 7.75. The van der Waals surface area contributed by atoms with Gasteiger partial charge in [0.2, 0.25) is 0 Å². The van der Waals surface area contributed by atoms with E-state index >= 15 is 0 Å². The van der Waals surface area contributed by atoms with Gasteiger partial charge in [-0.1, -0.05) is 0 Å². The van der Waals surface area contributed by atoms with Crippen LogP contribution >= 0.6 is 0 Å². The van der Waals surface area contributed by atoms with Crippen molar-refractivity contribution in [2.75, 3.05) is 33.9 Å². The molecule has 6 nitrogen and oxygen atoms in total. The number of methoxy groups -OCH3 is 2. The van der Waals surface area contributed by atoms with Crippen LogP contribution in [0, 0.1) is 0 Å². The SMILES string of the molecule is COCCC(C)(O)CNCC(C)(O)C(=O)OC. The molecule has 0 aromatic heterocycles. The van der Waals surface area contributed by atoms with Crippen LogP contribution in [0.2, 0.25) is 0 Å². The molecule has 0 radical (unpaired) electrons. The third-order valence-corrected chi connectivity index (χ3v) is 2.44. The molecule has 0 aliphatic rings. The second-order valence-corrected chi connectivity index (χ2v) is 4.61. The third-order valence-electron chi connectivity index (χ3n) is 2.44. The summed E-state index contributed by atoms with van der Waals surface area (Å²) in [7, 11) is 2.77. The van der Waals surface area contributed by atoms with Gasteiger partial charge in [0.1, 0.15) is 0 Å². The molecule has 0 aliphatic carbocycles. The minimum absolute atomic E-state index is 0.0167. The molecular formula is C11H23NO5. The number of aliphatic hydroxyl groups is 2. The summed E-state index contributed by atoms with van der Waals surface area (Å²) in [6.07, 6.45) is 0.469. The van der Waals surface area contributed by atoms with Crippen LogP contribution in [0.25, 0.3) is 0 Å². The Hall–Kier alpha value is -0.690. The smallest absolute Gasteiger partial charge is 0.338 e. The molecule has 6 heteroatoms. The second-order valence-electron chi connectivity index (χ2n) is 4.61. The van der Waals surface area contributed by atoms with Crippen molar-refractivity contribution in [3.63, 3.8) is 0 Å². The highest BCUT2D eigenvalue weighted by molar-refractivity contribution is 5.78. The van der Waals surface area contributed by atoms with E-state index in [1.807, 2.05) is 0 Å². The van der Waals surface area contributed by atoms with Gasteiger partial charge in [-0.15, -0.1) is 0 Å². The minimum Gasteiger partial charge on any atom is -0.467 e. The van der Waals surface area contributed by atoms with E-state index in [1.165, 1.54) is 14.0 Å². The maximum Gasteiger partial charge on any atom is 0.338 e. The van der Waals surface area contributed by atoms with Gasteiger partial charge in [-0.3, -0.25) is 0 Å². The average Bonchev–Trinajstić information content (AvgIpc) is 2.24. The first kappa shape index (κ1) is 16.3. The molecule has 0 saturated heterocycles. The Bertz CT molecular complexity index is 240. The van der Waals surface area contributed by atoms with Gasteiger partial charge in [0.05, 0.1) is 12.7 Å². The van der Waals surface area contributed by atoms with E-state index in [0.29, 0.717) is 13.0 Å². The predicted octanol–water partition coefficient (Wildman–Crippen LogP) is -0.712. The normalized spacial score (nSPS) is 18.2. The first-order valence-electron chi connectivity index (χ1n) is 5.48. The highest BCUT2D eigenvalue weighted by Gasteiger charge is 2.31. The van der Waals surface area contributed by atoms with E-state index in [1.54, 1.807) is 14.0 Å². The Morgan fingerprint density at radius 2 is 1.82 bits per heavy atom. The van der Waals surface area contributed by atoms with Crippen LogP contribution in [0.3, 0.4) is 0 Å². The van der Waals surface area contributed by atoms with Gasteiger partial charge in [0.15, 0.2) is 5.60 Å². The molecule has 0 saturated carbocycles. The van der Waals surface area contributed by atoms with Gasteiger partial charge in [-0.25, -0.2) is 4.79 Å². The Kier molecular flexibility index (Phi) is 6.62. The lowest BCUT2D eigenvalue weighted by molar-refractivity contribution is -0.160. The first-order valence-corrected chi connectivity index (χ1v) is 5.48. The fraction of sp³-hybridized carbons (Fsp3) is 0.909. The summed E-state index contributed by atoms with van der Waals surface area (Å²) in [5.41, 5.74) is -2.53. The Morgan fingerprint density at radius 1 is 1.24 bits per heavy atom. The molecule has 0 fully saturated rings. The van der Waals surface area contributed by atoms with Gasteiger partial charge in [0, 0.05) is 33.2 Å². The molecule has 0 aromatic carbocycles. The molecule has 0 spiro atoms. The maximum absolute atomic E-state index is 11.2. The number of hydrogen-bond acceptors (Lipinski definition) is 6. The van der Waals surface area contributed by atoms with Crippen molar-refractivity contribution in [3.8, 4) is 0 Å². The lowest BCUT2D eigenvalue weighted by atomic mass is 10.0. The van der Waals surface area contributed by atoms with Crippen molar-refractivity contribution in [1.82, 2.24) is 5.32 Å². The molecule has 17 heavy (non-hydrogen) atoms. The zero-order chi connectivity index (χ0) is 13.5. The number of ether oxygens (including phenoxy) is 2. The Balaban J connectivity index is 4.01. The number of rotatable bonds is 8. The molecule has 2 unspecified atom stereocenters. The van der Waals surface area contributed by atoms with Crippen LogP contribution in [-0.2, 0) is 14.3 Å². The molecule has 0 aromatic rings. The van der Waals surface area contributed by atoms with Crippen LogP contribution < -0.4 is 5.32 Å². The van der Waals surface area contributed by atoms with Crippen molar-refractivity contribution in [2.45, 2.75) is 31.5 Å². The summed E-state index contributed by atoms with van der Waals surface area (Å²) in [4.78, 5) is 11.2. The fourth-order valence-corrected chi connectivity index (χ4v) is 1.28. The highest BCUT2D eigenvalue weighted by atomic mass is 16.5. The molecule has 0 amide bonds. The predicted molar refractivity (Wildman–Crippen MR) is 62.6 cm³/mol. The molecule has 0 rings (SSSR count). The summed E-state index contributed by atoms with van der Waals surface area (Å²) in [6.45, 7) is 3.73. The molecule has 102 valence electrons. The molecular weight excluding hydrogens is 226 g/mol. The number of nitrogens with one attached hydrogen (secondary N) is 1. The van der Waals surface area contributed by atoms with Crippen molar-refractivity contribution in [2.24, 2.45) is 0 Å². The molecule has 2 atom stereocenters. The quantitative estimate of drug-likeness (QED) is 0.492. The van der Waals surface area contributed by atoms with E-state index < -0.39 is 17.2 Å². The zero-order valence-electron chi connectivity index (χ0n) is 10.9. The zero-order valence-corrected chi connectivity index (χ0v) is 10.9. The lowest BCUT2D eigenvalue weighted by Gasteiger charge is -2.26. The van der Waals surface area contributed by atoms with Crippen molar-refractivity contribution in [3.05, 3.63) is 0 Å². The van der Waals surface area contributed by atoms with Crippen molar-refractivity contribution >= 4 is 5.97 Å². The average molecular weight is 249 g/mol. The molecule has 3 N–H and O–H groups in total. The van der Waals surface area contributed by atoms with Crippen LogP contribution in [0.15, 0.2) is 0 Å². The van der Waals surface area contributed by atoms with Crippen LogP contribution in [-0.4, -0.2) is 61.3 Å². The number of hydrogen-bond donors (Lipinski definition) is 3. The van der Waals surface area contributed by atoms with Crippen LogP contribution in [0.1, 0.15) is 20.3 Å². The van der Waals surface area contributed by atoms with Gasteiger partial charge in [-0.05, 0) is 13.8 Å². The third kappa shape index (κ3) is 6.58. The number of carbonyl (C=O) groups is 1. The molecule has 0 bridgehead atoms. The van der Waals surface area contributed by atoms with E-state index in [2.05, 4.69) is 10.1 Å². The van der Waals surface area contributed by atoms with E-state index in [-0.39, 0.29) is 13.1 Å². The van der Waals surface area contributed by atoms with Gasteiger partial charge >= 0.3 is 5.97 Å². The summed E-state index contributed by atoms with van der Waals surface area (Å²) >= 11 is 0. The number of esters is 1. The summed E-state index contributed by atoms with van der Waals surface area (Å²) < 4.78 is 9.32. The van der Waals surface area contributed by atoms with Gasteiger partial charge in [0.25, 0.3) is 0 Å². The lowest BCUT2D eigenvalue weighted by Crippen LogP contribution is -2.49. The summed E-state index contributed by atoms with van der Waals surface area (Å²) in [5.74, 6) is -0.707. The van der Waals surface area contributed by atoms with Crippen molar-refractivity contribution < 1.29 is 24.5 Å². The maximum atomic E-state index is 11.2. The largest absolute Gasteiger partial charge is 0.467 e. The minimum atomic E-state index is -1.59. The Labute approximate surface area is 102 Å². The van der Waals surface area contributed by atoms with E-state index in [4.69, 9.17) is 4.74 Å². The van der Waals surface area contributed by atoms with Crippen LogP contribution in [0.5, 0.6) is 0 Å². The standard InChI is InChI=1S/C11H23NO5/c1-10(14,5-6-16-3)7-12-8-11(2,15)9(13)17-4/h12,14-15H,5-8H2,1-4H3. The monoisotopic (exact) mass is 249 g/mol. The summed E-state index contributed by atoms with van der Waals surface area (Å²) in [6, 6.07) is 0. The highest BCUT2D eigenvalue weighted by Crippen LogP contribution is 2.09. The van der Waals surface area contributed by atoms with E-state index in [9.17, 15) is 15.0 Å². The van der Waals surface area contributed by atoms with Gasteiger partial charge in [-0.2, -0.15) is 0 Å². The molecule has 0 aliphatic heterocycles. The van der Waals surface area contributed by atoms with Crippen molar-refractivity contribution in [1.29, 1.82) is 0 Å². The van der Waals surface area contributed by atoms with Gasteiger partial charge < -0.3 is 25.0 Å². The topological polar surface area (TPSA) is 88.0 Å². The second kappa shape index (κ2) is 6.90. The van der Waals surface area contributed by atoms with E-state index in [0.717, 1.165) is 0 Å². The number of carbonyl (C=O) groups excluding carboxylic acids is 1. The fourth-order valence-electron chi connectivity index (χ4n) is 1.28. The molecule has 0 heterocycles. The summed E-state index contributed by atoms with van der Waals surface area (Å²) in [5, 5.41) is 22.4.